The van der Waals surface area contributed by atoms with Gasteiger partial charge in [0, 0.05) is 16.0 Å². The summed E-state index contributed by atoms with van der Waals surface area (Å²) in [5, 5.41) is 14.9. The van der Waals surface area contributed by atoms with Crippen LogP contribution in [0.1, 0.15) is 33.9 Å². The molecule has 1 aromatic carbocycles. The van der Waals surface area contributed by atoms with E-state index in [4.69, 9.17) is 0 Å². The predicted octanol–water partition coefficient (Wildman–Crippen LogP) is 3.89. The van der Waals surface area contributed by atoms with Gasteiger partial charge in [-0.05, 0) is 31.9 Å². The first kappa shape index (κ1) is 19.2. The van der Waals surface area contributed by atoms with Gasteiger partial charge in [-0.25, -0.2) is 9.78 Å². The Morgan fingerprint density at radius 2 is 2.20 bits per heavy atom. The molecule has 0 aliphatic rings. The number of thioether (sulfide) groups is 1. The number of benzene rings is 1. The Hall–Kier alpha value is -2.12. The largest absolute Gasteiger partial charge is 0.480 e. The first-order chi connectivity index (χ1) is 12.0. The Kier molecular flexibility index (Phi) is 7.21. The van der Waals surface area contributed by atoms with Crippen molar-refractivity contribution in [3.63, 3.8) is 0 Å². The highest BCUT2D eigenvalue weighted by Crippen LogP contribution is 2.27. The molecule has 0 aliphatic carbocycles. The highest BCUT2D eigenvalue weighted by Gasteiger charge is 2.21. The molecule has 7 heteroatoms. The first-order valence-corrected chi connectivity index (χ1v) is 9.65. The van der Waals surface area contributed by atoms with Gasteiger partial charge in [-0.2, -0.15) is 0 Å². The Bertz CT molecular complexity index is 758. The number of aryl methyl sites for hydroxylation is 1. The van der Waals surface area contributed by atoms with Gasteiger partial charge in [0.25, 0.3) is 5.91 Å². The van der Waals surface area contributed by atoms with E-state index in [9.17, 15) is 14.7 Å². The number of thiazole rings is 1. The van der Waals surface area contributed by atoms with Crippen LogP contribution < -0.4 is 5.32 Å². The van der Waals surface area contributed by atoms with Crippen LogP contribution in [-0.4, -0.2) is 28.0 Å². The van der Waals surface area contributed by atoms with Gasteiger partial charge in [0.15, 0.2) is 0 Å². The molecule has 0 aliphatic heterocycles. The molecule has 0 saturated heterocycles. The van der Waals surface area contributed by atoms with Crippen LogP contribution in [0, 0.1) is 6.92 Å². The Labute approximate surface area is 155 Å². The predicted molar refractivity (Wildman–Crippen MR) is 101 cm³/mol. The van der Waals surface area contributed by atoms with E-state index in [2.05, 4.69) is 16.9 Å². The third-order valence-electron chi connectivity index (χ3n) is 3.44. The molecule has 1 aromatic heterocycles. The molecule has 1 unspecified atom stereocenters. The Morgan fingerprint density at radius 3 is 2.84 bits per heavy atom. The second-order valence-corrected chi connectivity index (χ2v) is 7.45. The van der Waals surface area contributed by atoms with E-state index in [0.29, 0.717) is 24.2 Å². The summed E-state index contributed by atoms with van der Waals surface area (Å²) in [7, 11) is 0. The number of nitrogens with one attached hydrogen (secondary N) is 1. The van der Waals surface area contributed by atoms with E-state index < -0.39 is 12.0 Å². The lowest BCUT2D eigenvalue weighted by molar-refractivity contribution is -0.139. The molecule has 1 amide bonds. The molecule has 0 radical (unpaired) electrons. The number of carboxylic acids is 1. The molecule has 5 nitrogen and oxygen atoms in total. The number of aliphatic carboxylic acids is 1. The van der Waals surface area contributed by atoms with Crippen molar-refractivity contribution in [1.29, 1.82) is 0 Å². The molecule has 2 rings (SSSR count). The number of carbonyl (C=O) groups is 2. The maximum absolute atomic E-state index is 12.5. The molecule has 1 atom stereocenters. The highest BCUT2D eigenvalue weighted by molar-refractivity contribution is 7.98. The van der Waals surface area contributed by atoms with Crippen LogP contribution in [0.2, 0.25) is 0 Å². The van der Waals surface area contributed by atoms with E-state index in [1.165, 1.54) is 11.8 Å². The molecule has 25 heavy (non-hydrogen) atoms. The van der Waals surface area contributed by atoms with Gasteiger partial charge in [0.1, 0.15) is 6.04 Å². The normalized spacial score (nSPS) is 11.7. The van der Waals surface area contributed by atoms with E-state index in [-0.39, 0.29) is 5.91 Å². The number of rotatable bonds is 9. The topological polar surface area (TPSA) is 79.3 Å². The summed E-state index contributed by atoms with van der Waals surface area (Å²) < 4.78 is 0. The number of aromatic nitrogens is 1. The van der Waals surface area contributed by atoms with E-state index >= 15 is 0 Å². The minimum Gasteiger partial charge on any atom is -0.480 e. The SMILES string of the molecule is C=CCCC(NC(=O)c1ccccc1SCc1csc(C)n1)C(=O)O. The lowest BCUT2D eigenvalue weighted by Gasteiger charge is -2.15. The van der Waals surface area contributed by atoms with Gasteiger partial charge in [0.2, 0.25) is 0 Å². The number of carbonyl (C=O) groups excluding carboxylic acids is 1. The summed E-state index contributed by atoms with van der Waals surface area (Å²) >= 11 is 3.11. The van der Waals surface area contributed by atoms with Crippen molar-refractivity contribution in [1.82, 2.24) is 10.3 Å². The third-order valence-corrected chi connectivity index (χ3v) is 5.37. The monoisotopic (exact) mass is 376 g/mol. The zero-order valence-corrected chi connectivity index (χ0v) is 15.5. The fourth-order valence-electron chi connectivity index (χ4n) is 2.18. The summed E-state index contributed by atoms with van der Waals surface area (Å²) in [5.74, 6) is -0.764. The van der Waals surface area contributed by atoms with Gasteiger partial charge in [-0.3, -0.25) is 4.79 Å². The summed E-state index contributed by atoms with van der Waals surface area (Å²) in [5.41, 5.74) is 1.45. The number of hydrogen-bond donors (Lipinski definition) is 2. The smallest absolute Gasteiger partial charge is 0.326 e. The molecular formula is C18H20N2O3S2. The zero-order chi connectivity index (χ0) is 18.2. The molecule has 2 N–H and O–H groups in total. The van der Waals surface area contributed by atoms with E-state index in [0.717, 1.165) is 15.6 Å². The molecular weight excluding hydrogens is 356 g/mol. The number of carboxylic acid groups (broad SMARTS) is 1. The van der Waals surface area contributed by atoms with Crippen LogP contribution in [0.25, 0.3) is 0 Å². The summed E-state index contributed by atoms with van der Waals surface area (Å²) in [6, 6.07) is 6.27. The van der Waals surface area contributed by atoms with Crippen molar-refractivity contribution in [2.45, 2.75) is 36.5 Å². The standard InChI is InChI=1S/C18H20N2O3S2/c1-3-4-8-15(18(22)23)20-17(21)14-7-5-6-9-16(14)25-11-13-10-24-12(2)19-13/h3,5-7,9-10,15H,1,4,8,11H2,2H3,(H,20,21)(H,22,23). The highest BCUT2D eigenvalue weighted by atomic mass is 32.2. The van der Waals surface area contributed by atoms with Gasteiger partial charge < -0.3 is 10.4 Å². The van der Waals surface area contributed by atoms with Gasteiger partial charge in [0.05, 0.1) is 16.3 Å². The van der Waals surface area contributed by atoms with Crippen molar-refractivity contribution >= 4 is 35.0 Å². The fourth-order valence-corrected chi connectivity index (χ4v) is 3.84. The summed E-state index contributed by atoms with van der Waals surface area (Å²) in [4.78, 5) is 29.1. The van der Waals surface area contributed by atoms with Crippen molar-refractivity contribution in [3.8, 4) is 0 Å². The first-order valence-electron chi connectivity index (χ1n) is 7.78. The van der Waals surface area contributed by atoms with Crippen LogP contribution in [-0.2, 0) is 10.5 Å². The molecule has 0 saturated carbocycles. The number of hydrogen-bond acceptors (Lipinski definition) is 5. The molecule has 1 heterocycles. The minimum absolute atomic E-state index is 0.317. The van der Waals surface area contributed by atoms with Crippen molar-refractivity contribution in [3.05, 3.63) is 58.6 Å². The third kappa shape index (κ3) is 5.72. The summed E-state index contributed by atoms with van der Waals surface area (Å²) in [6.45, 7) is 5.54. The van der Waals surface area contributed by atoms with Crippen LogP contribution in [0.5, 0.6) is 0 Å². The number of amides is 1. The molecule has 132 valence electrons. The molecule has 0 spiro atoms. The van der Waals surface area contributed by atoms with Crippen LogP contribution in [0.3, 0.4) is 0 Å². The van der Waals surface area contributed by atoms with Gasteiger partial charge in [-0.1, -0.05) is 18.2 Å². The lowest BCUT2D eigenvalue weighted by atomic mass is 10.1. The van der Waals surface area contributed by atoms with Crippen LogP contribution in [0.4, 0.5) is 0 Å². The van der Waals surface area contributed by atoms with E-state index in [1.54, 1.807) is 29.5 Å². The fraction of sp³-hybridized carbons (Fsp3) is 0.278. The van der Waals surface area contributed by atoms with Crippen LogP contribution in [0.15, 0.2) is 47.2 Å². The Morgan fingerprint density at radius 1 is 1.44 bits per heavy atom. The summed E-state index contributed by atoms with van der Waals surface area (Å²) in [6.07, 6.45) is 2.48. The van der Waals surface area contributed by atoms with Crippen molar-refractivity contribution in [2.75, 3.05) is 0 Å². The van der Waals surface area contributed by atoms with Gasteiger partial charge >= 0.3 is 5.97 Å². The van der Waals surface area contributed by atoms with Crippen LogP contribution >= 0.6 is 23.1 Å². The second-order valence-electron chi connectivity index (χ2n) is 5.37. The maximum Gasteiger partial charge on any atom is 0.326 e. The van der Waals surface area contributed by atoms with Gasteiger partial charge in [-0.15, -0.1) is 29.7 Å². The zero-order valence-electron chi connectivity index (χ0n) is 13.9. The molecule has 0 fully saturated rings. The number of nitrogens with zero attached hydrogens (tertiary/aromatic N) is 1. The second kappa shape index (κ2) is 9.39. The van der Waals surface area contributed by atoms with E-state index in [1.807, 2.05) is 24.4 Å². The maximum atomic E-state index is 12.5. The van der Waals surface area contributed by atoms with Crippen molar-refractivity contribution < 1.29 is 14.7 Å². The molecule has 2 aromatic rings. The average Bonchev–Trinajstić information content (AvgIpc) is 3.02. The minimum atomic E-state index is -1.04. The average molecular weight is 377 g/mol. The molecule has 0 bridgehead atoms. The lowest BCUT2D eigenvalue weighted by Crippen LogP contribution is -2.40. The quantitative estimate of drug-likeness (QED) is 0.513. The number of allylic oxidation sites excluding steroid dienone is 1. The van der Waals surface area contributed by atoms with Crippen molar-refractivity contribution in [2.24, 2.45) is 0 Å². The Balaban J connectivity index is 2.08.